The lowest BCUT2D eigenvalue weighted by molar-refractivity contribution is -0.147. The molecule has 0 aliphatic carbocycles. The third kappa shape index (κ3) is 8.91. The van der Waals surface area contributed by atoms with Crippen molar-refractivity contribution < 1.29 is 23.9 Å². The molecule has 0 atom stereocenters. The van der Waals surface area contributed by atoms with Crippen LogP contribution in [0.15, 0.2) is 60.7 Å². The van der Waals surface area contributed by atoms with Crippen LogP contribution in [0.25, 0.3) is 0 Å². The zero-order valence-electron chi connectivity index (χ0n) is 19.9. The molecular weight excluding hydrogens is 503 g/mol. The molecule has 0 bridgehead atoms. The minimum absolute atomic E-state index is 0.00505. The van der Waals surface area contributed by atoms with Crippen LogP contribution in [-0.4, -0.2) is 24.4 Å². The Labute approximate surface area is 219 Å². The first kappa shape index (κ1) is 27.0. The molecule has 2 N–H and O–H groups in total. The second-order valence-electron chi connectivity index (χ2n) is 8.18. The van der Waals surface area contributed by atoms with Crippen LogP contribution in [0.4, 0.5) is 11.4 Å². The van der Waals surface area contributed by atoms with Gasteiger partial charge in [0.05, 0.1) is 10.7 Å². The van der Waals surface area contributed by atoms with Crippen LogP contribution in [0.2, 0.25) is 10.0 Å². The van der Waals surface area contributed by atoms with Crippen LogP contribution in [0, 0.1) is 13.8 Å². The molecule has 0 aliphatic heterocycles. The number of halogens is 2. The van der Waals surface area contributed by atoms with E-state index in [4.69, 9.17) is 32.7 Å². The molecule has 7 nitrogen and oxygen atoms in total. The molecule has 2 amide bonds. The minimum Gasteiger partial charge on any atom is -0.457 e. The third-order valence-electron chi connectivity index (χ3n) is 4.92. The van der Waals surface area contributed by atoms with Gasteiger partial charge in [-0.1, -0.05) is 29.3 Å². The molecule has 36 heavy (non-hydrogen) atoms. The Hall–Kier alpha value is -3.55. The molecule has 3 aromatic carbocycles. The van der Waals surface area contributed by atoms with Gasteiger partial charge in [0, 0.05) is 23.6 Å². The van der Waals surface area contributed by atoms with Gasteiger partial charge in [0.1, 0.15) is 11.5 Å². The number of nitrogens with one attached hydrogen (secondary N) is 2. The molecule has 0 radical (unpaired) electrons. The fraction of sp³-hybridized carbons (Fsp3) is 0.222. The fourth-order valence-electron chi connectivity index (χ4n) is 3.35. The molecule has 0 unspecified atom stereocenters. The quantitative estimate of drug-likeness (QED) is 0.285. The zero-order chi connectivity index (χ0) is 26.1. The molecule has 0 fully saturated rings. The zero-order valence-corrected chi connectivity index (χ0v) is 21.4. The topological polar surface area (TPSA) is 93.7 Å². The minimum atomic E-state index is -0.576. The molecule has 0 saturated heterocycles. The van der Waals surface area contributed by atoms with E-state index in [-0.39, 0.29) is 30.2 Å². The van der Waals surface area contributed by atoms with Gasteiger partial charge >= 0.3 is 5.97 Å². The van der Waals surface area contributed by atoms with Crippen molar-refractivity contribution in [1.29, 1.82) is 0 Å². The summed E-state index contributed by atoms with van der Waals surface area (Å²) in [6.45, 7) is 3.56. The highest BCUT2D eigenvalue weighted by Gasteiger charge is 2.11. The highest BCUT2D eigenvalue weighted by molar-refractivity contribution is 6.36. The molecule has 0 aliphatic rings. The summed E-state index contributed by atoms with van der Waals surface area (Å²) in [5.41, 5.74) is 3.21. The lowest BCUT2D eigenvalue weighted by Crippen LogP contribution is -2.21. The van der Waals surface area contributed by atoms with E-state index in [1.807, 2.05) is 26.0 Å². The van der Waals surface area contributed by atoms with Crippen molar-refractivity contribution in [2.75, 3.05) is 17.2 Å². The van der Waals surface area contributed by atoms with Crippen molar-refractivity contribution in [1.82, 2.24) is 0 Å². The molecule has 188 valence electrons. The van der Waals surface area contributed by atoms with Crippen molar-refractivity contribution in [2.45, 2.75) is 33.1 Å². The summed E-state index contributed by atoms with van der Waals surface area (Å²) >= 11 is 11.8. The third-order valence-corrected chi connectivity index (χ3v) is 5.47. The summed E-state index contributed by atoms with van der Waals surface area (Å²) < 4.78 is 10.8. The van der Waals surface area contributed by atoms with Crippen LogP contribution in [0.5, 0.6) is 11.5 Å². The number of hydrogen-bond acceptors (Lipinski definition) is 5. The number of esters is 1. The summed E-state index contributed by atoms with van der Waals surface area (Å²) in [4.78, 5) is 36.0. The molecular formula is C27H26Cl2N2O5. The molecule has 3 rings (SSSR count). The van der Waals surface area contributed by atoms with E-state index < -0.39 is 18.5 Å². The van der Waals surface area contributed by atoms with E-state index >= 15 is 0 Å². The number of carbonyl (C=O) groups is 3. The predicted molar refractivity (Wildman–Crippen MR) is 141 cm³/mol. The molecule has 0 spiro atoms. The van der Waals surface area contributed by atoms with Crippen molar-refractivity contribution in [2.24, 2.45) is 0 Å². The average molecular weight is 529 g/mol. The first-order valence-corrected chi connectivity index (χ1v) is 12.0. The largest absolute Gasteiger partial charge is 0.457 e. The second kappa shape index (κ2) is 13.0. The molecule has 0 saturated carbocycles. The first-order chi connectivity index (χ1) is 17.2. The van der Waals surface area contributed by atoms with E-state index in [9.17, 15) is 14.4 Å². The Morgan fingerprint density at radius 2 is 1.47 bits per heavy atom. The van der Waals surface area contributed by atoms with Crippen molar-refractivity contribution in [3.63, 3.8) is 0 Å². The van der Waals surface area contributed by atoms with Gasteiger partial charge in [0.2, 0.25) is 5.91 Å². The average Bonchev–Trinajstić information content (AvgIpc) is 2.80. The number of rotatable bonds is 10. The van der Waals surface area contributed by atoms with Gasteiger partial charge < -0.3 is 20.1 Å². The number of carbonyl (C=O) groups excluding carboxylic acids is 3. The van der Waals surface area contributed by atoms with Crippen LogP contribution in [0.3, 0.4) is 0 Å². The summed E-state index contributed by atoms with van der Waals surface area (Å²) in [7, 11) is 0. The second-order valence-corrected chi connectivity index (χ2v) is 9.03. The number of hydrogen-bond donors (Lipinski definition) is 2. The van der Waals surface area contributed by atoms with E-state index in [0.717, 1.165) is 16.9 Å². The van der Waals surface area contributed by atoms with E-state index in [1.54, 1.807) is 36.4 Å². The standard InChI is InChI=1S/C27H26Cl2N2O5/c1-17-12-18(2)14-22(13-17)36-21-9-7-20(8-10-21)30-25(32)4-3-5-27(34)35-16-26(33)31-24-11-6-19(28)15-23(24)29/h6-15H,3-5,16H2,1-2H3,(H,30,32)(H,31,33). The highest BCUT2D eigenvalue weighted by atomic mass is 35.5. The number of anilines is 2. The molecule has 3 aromatic rings. The van der Waals surface area contributed by atoms with Gasteiger partial charge in [-0.25, -0.2) is 0 Å². The Kier molecular flexibility index (Phi) is 9.73. The smallest absolute Gasteiger partial charge is 0.306 e. The maximum Gasteiger partial charge on any atom is 0.306 e. The van der Waals surface area contributed by atoms with E-state index in [0.29, 0.717) is 22.1 Å². The molecule has 0 heterocycles. The van der Waals surface area contributed by atoms with E-state index in [1.165, 1.54) is 6.07 Å². The monoisotopic (exact) mass is 528 g/mol. The van der Waals surface area contributed by atoms with Gasteiger partial charge in [0.25, 0.3) is 5.91 Å². The molecule has 0 aromatic heterocycles. The highest BCUT2D eigenvalue weighted by Crippen LogP contribution is 2.26. The SMILES string of the molecule is Cc1cc(C)cc(Oc2ccc(NC(=O)CCCC(=O)OCC(=O)Nc3ccc(Cl)cc3Cl)cc2)c1. The summed E-state index contributed by atoms with van der Waals surface area (Å²) in [6, 6.07) is 17.6. The Morgan fingerprint density at radius 3 is 2.14 bits per heavy atom. The number of benzene rings is 3. The summed E-state index contributed by atoms with van der Waals surface area (Å²) in [5, 5.41) is 6.03. The van der Waals surface area contributed by atoms with Crippen LogP contribution < -0.4 is 15.4 Å². The van der Waals surface area contributed by atoms with Gasteiger partial charge in [-0.3, -0.25) is 14.4 Å². The van der Waals surface area contributed by atoms with Gasteiger partial charge in [-0.2, -0.15) is 0 Å². The Morgan fingerprint density at radius 1 is 0.778 bits per heavy atom. The van der Waals surface area contributed by atoms with Crippen LogP contribution >= 0.6 is 23.2 Å². The van der Waals surface area contributed by atoms with Crippen LogP contribution in [-0.2, 0) is 19.1 Å². The Bertz CT molecular complexity index is 1230. The molecule has 9 heteroatoms. The lowest BCUT2D eigenvalue weighted by atomic mass is 10.1. The number of amides is 2. The van der Waals surface area contributed by atoms with Gasteiger partial charge in [-0.05, 0) is 86.0 Å². The van der Waals surface area contributed by atoms with Crippen molar-refractivity contribution in [3.05, 3.63) is 81.8 Å². The van der Waals surface area contributed by atoms with Crippen molar-refractivity contribution >= 4 is 52.4 Å². The van der Waals surface area contributed by atoms with Crippen LogP contribution in [0.1, 0.15) is 30.4 Å². The summed E-state index contributed by atoms with van der Waals surface area (Å²) in [6.07, 6.45) is 0.413. The van der Waals surface area contributed by atoms with Gasteiger partial charge in [0.15, 0.2) is 6.61 Å². The number of ether oxygens (including phenoxy) is 2. The first-order valence-electron chi connectivity index (χ1n) is 11.2. The maximum absolute atomic E-state index is 12.2. The summed E-state index contributed by atoms with van der Waals surface area (Å²) in [5.74, 6) is 0.0646. The van der Waals surface area contributed by atoms with Gasteiger partial charge in [-0.15, -0.1) is 0 Å². The Balaban J connectivity index is 1.35. The van der Waals surface area contributed by atoms with E-state index in [2.05, 4.69) is 16.7 Å². The lowest BCUT2D eigenvalue weighted by Gasteiger charge is -2.10. The number of aryl methyl sites for hydroxylation is 2. The predicted octanol–water partition coefficient (Wildman–Crippen LogP) is 6.69. The fourth-order valence-corrected chi connectivity index (χ4v) is 3.80. The van der Waals surface area contributed by atoms with Crippen molar-refractivity contribution in [3.8, 4) is 11.5 Å². The maximum atomic E-state index is 12.2. The normalized spacial score (nSPS) is 10.4.